The second-order valence-corrected chi connectivity index (χ2v) is 6.29. The zero-order chi connectivity index (χ0) is 16.9. The van der Waals surface area contributed by atoms with Crippen molar-refractivity contribution in [3.63, 3.8) is 0 Å². The quantitative estimate of drug-likeness (QED) is 0.624. The highest BCUT2D eigenvalue weighted by Crippen LogP contribution is 2.26. The first-order valence-electron chi connectivity index (χ1n) is 7.90. The number of hydrogen-bond acceptors (Lipinski definition) is 5. The minimum atomic E-state index is 0.101. The predicted octanol–water partition coefficient (Wildman–Crippen LogP) is 3.71. The van der Waals surface area contributed by atoms with Crippen molar-refractivity contribution in [3.8, 4) is 0 Å². The molecule has 1 atom stereocenters. The molecule has 0 aliphatic heterocycles. The maximum absolute atomic E-state index is 5.88. The van der Waals surface area contributed by atoms with E-state index in [1.54, 1.807) is 11.0 Å². The van der Waals surface area contributed by atoms with Gasteiger partial charge in [0.1, 0.15) is 16.7 Å². The van der Waals surface area contributed by atoms with Crippen LogP contribution in [0, 0.1) is 0 Å². The van der Waals surface area contributed by atoms with Crippen LogP contribution in [0.5, 0.6) is 0 Å². The smallest absolute Gasteiger partial charge is 0.164 e. The van der Waals surface area contributed by atoms with Gasteiger partial charge in [-0.2, -0.15) is 5.10 Å². The third-order valence-electron chi connectivity index (χ3n) is 3.83. The van der Waals surface area contributed by atoms with Crippen LogP contribution in [0.25, 0.3) is 11.0 Å². The van der Waals surface area contributed by atoms with Gasteiger partial charge in [0.2, 0.25) is 0 Å². The molecule has 1 unspecified atom stereocenters. The summed E-state index contributed by atoms with van der Waals surface area (Å²) in [5.41, 5.74) is 2.00. The van der Waals surface area contributed by atoms with Gasteiger partial charge in [-0.3, -0.25) is 0 Å². The van der Waals surface area contributed by atoms with E-state index in [1.807, 2.05) is 25.2 Å². The van der Waals surface area contributed by atoms with Gasteiger partial charge in [0.15, 0.2) is 5.65 Å². The molecule has 24 heavy (non-hydrogen) atoms. The number of anilines is 1. The maximum atomic E-state index is 5.88. The first-order chi connectivity index (χ1) is 11.7. The van der Waals surface area contributed by atoms with Crippen LogP contribution in [0.3, 0.4) is 0 Å². The van der Waals surface area contributed by atoms with Gasteiger partial charge in [-0.1, -0.05) is 30.3 Å². The average Bonchev–Trinajstić information content (AvgIpc) is 2.90. The topological polar surface area (TPSA) is 64.9 Å². The molecule has 0 aliphatic carbocycles. The molecule has 3 rings (SSSR count). The van der Waals surface area contributed by atoms with E-state index in [4.69, 9.17) is 4.74 Å². The Morgan fingerprint density at radius 2 is 2.04 bits per heavy atom. The van der Waals surface area contributed by atoms with E-state index in [2.05, 4.69) is 55.4 Å². The number of fused-ring (bicyclic) bond motifs is 1. The summed E-state index contributed by atoms with van der Waals surface area (Å²) < 4.78 is 8.36. The van der Waals surface area contributed by atoms with Crippen molar-refractivity contribution in [1.82, 2.24) is 19.7 Å². The third kappa shape index (κ3) is 3.73. The molecule has 0 fully saturated rings. The SMILES string of the molecule is CC(OCCCNc1ncnc2c1c(Br)nn2C)c1ccccc1. The van der Waals surface area contributed by atoms with Crippen LogP contribution < -0.4 is 5.32 Å². The molecule has 0 bridgehead atoms. The first-order valence-corrected chi connectivity index (χ1v) is 8.69. The number of benzene rings is 1. The Balaban J connectivity index is 1.51. The fourth-order valence-electron chi connectivity index (χ4n) is 2.53. The van der Waals surface area contributed by atoms with Crippen LogP contribution >= 0.6 is 15.9 Å². The van der Waals surface area contributed by atoms with Crippen LogP contribution in [0.1, 0.15) is 25.0 Å². The summed E-state index contributed by atoms with van der Waals surface area (Å²) in [4.78, 5) is 8.57. The lowest BCUT2D eigenvalue weighted by molar-refractivity contribution is 0.0656. The number of ether oxygens (including phenoxy) is 1. The molecular weight excluding hydrogens is 370 g/mol. The van der Waals surface area contributed by atoms with Gasteiger partial charge < -0.3 is 10.1 Å². The average molecular weight is 390 g/mol. The molecule has 0 saturated heterocycles. The largest absolute Gasteiger partial charge is 0.374 e. The van der Waals surface area contributed by atoms with E-state index in [-0.39, 0.29) is 6.10 Å². The van der Waals surface area contributed by atoms with E-state index in [9.17, 15) is 0 Å². The van der Waals surface area contributed by atoms with Crippen molar-refractivity contribution in [2.45, 2.75) is 19.4 Å². The Morgan fingerprint density at radius 1 is 1.25 bits per heavy atom. The van der Waals surface area contributed by atoms with Gasteiger partial charge in [0.05, 0.1) is 11.5 Å². The molecule has 2 aromatic heterocycles. The lowest BCUT2D eigenvalue weighted by Crippen LogP contribution is -2.09. The highest BCUT2D eigenvalue weighted by Gasteiger charge is 2.12. The van der Waals surface area contributed by atoms with Gasteiger partial charge in [-0.05, 0) is 34.8 Å². The van der Waals surface area contributed by atoms with E-state index in [1.165, 1.54) is 5.56 Å². The summed E-state index contributed by atoms with van der Waals surface area (Å²) in [7, 11) is 1.86. The highest BCUT2D eigenvalue weighted by molar-refractivity contribution is 9.10. The lowest BCUT2D eigenvalue weighted by atomic mass is 10.1. The summed E-state index contributed by atoms with van der Waals surface area (Å²) in [6, 6.07) is 10.2. The van der Waals surface area contributed by atoms with E-state index in [0.29, 0.717) is 6.61 Å². The van der Waals surface area contributed by atoms with Gasteiger partial charge in [0, 0.05) is 20.2 Å². The molecule has 0 aliphatic rings. The fourth-order valence-corrected chi connectivity index (χ4v) is 3.14. The maximum Gasteiger partial charge on any atom is 0.164 e. The Hall–Kier alpha value is -1.99. The summed E-state index contributed by atoms with van der Waals surface area (Å²) in [5.74, 6) is 0.788. The molecule has 0 saturated carbocycles. The molecular formula is C17H20BrN5O. The summed E-state index contributed by atoms with van der Waals surface area (Å²) in [6.07, 6.45) is 2.54. The number of halogens is 1. The fraction of sp³-hybridized carbons (Fsp3) is 0.353. The Kier molecular flexibility index (Phi) is 5.42. The minimum absolute atomic E-state index is 0.101. The van der Waals surface area contributed by atoms with Crippen molar-refractivity contribution in [2.75, 3.05) is 18.5 Å². The van der Waals surface area contributed by atoms with Crippen molar-refractivity contribution in [3.05, 3.63) is 46.8 Å². The number of hydrogen-bond donors (Lipinski definition) is 1. The second-order valence-electron chi connectivity index (χ2n) is 5.54. The summed E-state index contributed by atoms with van der Waals surface area (Å²) in [6.45, 7) is 3.53. The zero-order valence-electron chi connectivity index (χ0n) is 13.7. The lowest BCUT2D eigenvalue weighted by Gasteiger charge is -2.13. The van der Waals surface area contributed by atoms with Gasteiger partial charge in [-0.25, -0.2) is 14.6 Å². The first kappa shape index (κ1) is 16.9. The molecule has 7 heteroatoms. The molecule has 0 spiro atoms. The number of rotatable bonds is 7. The molecule has 2 heterocycles. The minimum Gasteiger partial charge on any atom is -0.374 e. The van der Waals surface area contributed by atoms with Crippen LogP contribution in [-0.2, 0) is 11.8 Å². The normalized spacial score (nSPS) is 12.5. The van der Waals surface area contributed by atoms with Gasteiger partial charge in [-0.15, -0.1) is 0 Å². The highest BCUT2D eigenvalue weighted by atomic mass is 79.9. The molecule has 6 nitrogen and oxygen atoms in total. The van der Waals surface area contributed by atoms with Crippen molar-refractivity contribution in [1.29, 1.82) is 0 Å². The van der Waals surface area contributed by atoms with Crippen LogP contribution in [0.2, 0.25) is 0 Å². The molecule has 1 aromatic carbocycles. The monoisotopic (exact) mass is 389 g/mol. The molecule has 0 amide bonds. The van der Waals surface area contributed by atoms with E-state index >= 15 is 0 Å². The van der Waals surface area contributed by atoms with E-state index < -0.39 is 0 Å². The molecule has 3 aromatic rings. The molecule has 1 N–H and O–H groups in total. The second kappa shape index (κ2) is 7.72. The zero-order valence-corrected chi connectivity index (χ0v) is 15.3. The molecule has 0 radical (unpaired) electrons. The number of nitrogens with one attached hydrogen (secondary N) is 1. The van der Waals surface area contributed by atoms with Crippen LogP contribution in [0.15, 0.2) is 41.3 Å². The predicted molar refractivity (Wildman–Crippen MR) is 97.9 cm³/mol. The number of nitrogens with zero attached hydrogens (tertiary/aromatic N) is 4. The van der Waals surface area contributed by atoms with Crippen molar-refractivity contribution in [2.24, 2.45) is 7.05 Å². The summed E-state index contributed by atoms with van der Waals surface area (Å²) in [5, 5.41) is 8.56. The Bertz CT molecular complexity index is 805. The summed E-state index contributed by atoms with van der Waals surface area (Å²) >= 11 is 3.46. The van der Waals surface area contributed by atoms with Crippen molar-refractivity contribution >= 4 is 32.8 Å². The standard InChI is InChI=1S/C17H20BrN5O/c1-12(13-7-4-3-5-8-13)24-10-6-9-19-16-14-15(18)22-23(2)17(14)21-11-20-16/h3-5,7-8,11-12H,6,9-10H2,1-2H3,(H,19,20,21). The Labute approximate surface area is 149 Å². The van der Waals surface area contributed by atoms with Gasteiger partial charge in [0.25, 0.3) is 0 Å². The number of aromatic nitrogens is 4. The molecule has 126 valence electrons. The third-order valence-corrected chi connectivity index (χ3v) is 4.38. The number of aryl methyl sites for hydroxylation is 1. The van der Waals surface area contributed by atoms with E-state index in [0.717, 1.165) is 34.4 Å². The van der Waals surface area contributed by atoms with Crippen LogP contribution in [-0.4, -0.2) is 32.9 Å². The Morgan fingerprint density at radius 3 is 2.83 bits per heavy atom. The van der Waals surface area contributed by atoms with Crippen LogP contribution in [0.4, 0.5) is 5.82 Å². The van der Waals surface area contributed by atoms with Crippen molar-refractivity contribution < 1.29 is 4.74 Å². The van der Waals surface area contributed by atoms with Gasteiger partial charge >= 0.3 is 0 Å².